The molecule has 5 nitrogen and oxygen atoms in total. The zero-order valence-corrected chi connectivity index (χ0v) is 20.2. The van der Waals surface area contributed by atoms with Gasteiger partial charge in [-0.05, 0) is 75.6 Å². The second-order valence-electron chi connectivity index (χ2n) is 7.17. The smallest absolute Gasteiger partial charge is 0.256 e. The summed E-state index contributed by atoms with van der Waals surface area (Å²) in [6.45, 7) is 0.770. The van der Waals surface area contributed by atoms with Crippen molar-refractivity contribution < 1.29 is 13.9 Å². The molecule has 0 aliphatic heterocycles. The van der Waals surface area contributed by atoms with E-state index in [0.29, 0.717) is 44.8 Å². The predicted molar refractivity (Wildman–Crippen MR) is 131 cm³/mol. The van der Waals surface area contributed by atoms with Crippen LogP contribution in [0.4, 0.5) is 10.2 Å². The van der Waals surface area contributed by atoms with Crippen molar-refractivity contribution in [2.24, 2.45) is 0 Å². The number of carbonyl (C=O) groups excluding carboxylic acids is 1. The molecule has 3 aromatic carbocycles. The van der Waals surface area contributed by atoms with Crippen LogP contribution in [-0.4, -0.2) is 15.7 Å². The molecule has 0 atom stereocenters. The molecule has 168 valence electrons. The van der Waals surface area contributed by atoms with Crippen LogP contribution in [0.3, 0.4) is 0 Å². The SMILES string of the molecule is O=C(Nc1nn(Cc2ccc(Cl)c(Cl)c2)cc1Br)c1ccc(COc2ccc(F)cc2)cc1. The van der Waals surface area contributed by atoms with Crippen LogP contribution in [0, 0.1) is 5.82 Å². The lowest BCUT2D eigenvalue weighted by molar-refractivity contribution is 0.102. The molecule has 33 heavy (non-hydrogen) atoms. The monoisotopic (exact) mass is 547 g/mol. The number of nitrogens with one attached hydrogen (secondary N) is 1. The number of halogens is 4. The summed E-state index contributed by atoms with van der Waals surface area (Å²) in [4.78, 5) is 12.7. The zero-order valence-electron chi connectivity index (χ0n) is 17.1. The van der Waals surface area contributed by atoms with Crippen LogP contribution in [-0.2, 0) is 13.2 Å². The van der Waals surface area contributed by atoms with Gasteiger partial charge in [0.2, 0.25) is 0 Å². The van der Waals surface area contributed by atoms with Gasteiger partial charge in [-0.3, -0.25) is 9.48 Å². The highest BCUT2D eigenvalue weighted by Crippen LogP contribution is 2.25. The number of nitrogens with zero attached hydrogens (tertiary/aromatic N) is 2. The summed E-state index contributed by atoms with van der Waals surface area (Å²) in [5, 5.41) is 8.19. The molecule has 0 aliphatic rings. The number of ether oxygens (including phenoxy) is 1. The summed E-state index contributed by atoms with van der Waals surface area (Å²) < 4.78 is 20.9. The predicted octanol–water partition coefficient (Wildman–Crippen LogP) is 6.97. The fraction of sp³-hybridized carbons (Fsp3) is 0.0833. The van der Waals surface area contributed by atoms with Gasteiger partial charge < -0.3 is 10.1 Å². The Labute approximate surface area is 208 Å². The van der Waals surface area contributed by atoms with Crippen molar-refractivity contribution in [3.05, 3.63) is 110 Å². The van der Waals surface area contributed by atoms with Crippen molar-refractivity contribution in [1.82, 2.24) is 9.78 Å². The van der Waals surface area contributed by atoms with Crippen molar-refractivity contribution in [1.29, 1.82) is 0 Å². The molecule has 1 heterocycles. The molecule has 1 aromatic heterocycles. The van der Waals surface area contributed by atoms with Gasteiger partial charge in [-0.1, -0.05) is 41.4 Å². The lowest BCUT2D eigenvalue weighted by Gasteiger charge is -2.07. The average Bonchev–Trinajstić information content (AvgIpc) is 3.14. The van der Waals surface area contributed by atoms with Crippen LogP contribution >= 0.6 is 39.1 Å². The van der Waals surface area contributed by atoms with Gasteiger partial charge in [0, 0.05) is 11.8 Å². The van der Waals surface area contributed by atoms with E-state index in [2.05, 4.69) is 26.3 Å². The summed E-state index contributed by atoms with van der Waals surface area (Å²) in [6.07, 6.45) is 1.77. The van der Waals surface area contributed by atoms with Crippen LogP contribution < -0.4 is 10.1 Å². The van der Waals surface area contributed by atoms with Gasteiger partial charge in [-0.25, -0.2) is 4.39 Å². The maximum absolute atomic E-state index is 13.0. The summed E-state index contributed by atoms with van der Waals surface area (Å²) in [5.41, 5.74) is 2.28. The van der Waals surface area contributed by atoms with E-state index in [1.54, 1.807) is 59.4 Å². The summed E-state index contributed by atoms with van der Waals surface area (Å²) in [7, 11) is 0. The first-order valence-corrected chi connectivity index (χ1v) is 11.4. The van der Waals surface area contributed by atoms with E-state index in [1.165, 1.54) is 12.1 Å². The van der Waals surface area contributed by atoms with Crippen LogP contribution in [0.15, 0.2) is 77.4 Å². The van der Waals surface area contributed by atoms with Crippen LogP contribution in [0.25, 0.3) is 0 Å². The van der Waals surface area contributed by atoms with Gasteiger partial charge in [-0.2, -0.15) is 5.10 Å². The minimum absolute atomic E-state index is 0.290. The molecule has 0 fully saturated rings. The van der Waals surface area contributed by atoms with Gasteiger partial charge >= 0.3 is 0 Å². The second kappa shape index (κ2) is 10.4. The number of aromatic nitrogens is 2. The topological polar surface area (TPSA) is 56.2 Å². The Balaban J connectivity index is 1.36. The Morgan fingerprint density at radius 2 is 1.70 bits per heavy atom. The summed E-state index contributed by atoms with van der Waals surface area (Å²) >= 11 is 15.5. The highest BCUT2D eigenvalue weighted by atomic mass is 79.9. The van der Waals surface area contributed by atoms with Gasteiger partial charge in [-0.15, -0.1) is 0 Å². The van der Waals surface area contributed by atoms with Crippen molar-refractivity contribution in [3.63, 3.8) is 0 Å². The molecule has 0 radical (unpaired) electrons. The molecule has 0 unspecified atom stereocenters. The molecular formula is C24H17BrCl2FN3O2. The zero-order chi connectivity index (χ0) is 23.4. The van der Waals surface area contributed by atoms with E-state index in [1.807, 2.05) is 6.07 Å². The maximum Gasteiger partial charge on any atom is 0.256 e. The molecule has 1 amide bonds. The highest BCUT2D eigenvalue weighted by Gasteiger charge is 2.13. The highest BCUT2D eigenvalue weighted by molar-refractivity contribution is 9.10. The lowest BCUT2D eigenvalue weighted by Crippen LogP contribution is -2.13. The number of amides is 1. The van der Waals surface area contributed by atoms with Crippen LogP contribution in [0.2, 0.25) is 10.0 Å². The largest absolute Gasteiger partial charge is 0.489 e. The Kier molecular flexibility index (Phi) is 7.33. The minimum atomic E-state index is -0.316. The molecule has 4 rings (SSSR count). The maximum atomic E-state index is 13.0. The number of benzene rings is 3. The number of hydrogen-bond donors (Lipinski definition) is 1. The van der Waals surface area contributed by atoms with E-state index in [-0.39, 0.29) is 11.7 Å². The third-order valence-corrected chi connectivity index (χ3v) is 6.03. The fourth-order valence-electron chi connectivity index (χ4n) is 3.02. The number of rotatable bonds is 7. The number of hydrogen-bond acceptors (Lipinski definition) is 3. The Bertz CT molecular complexity index is 1280. The second-order valence-corrected chi connectivity index (χ2v) is 8.83. The molecule has 0 spiro atoms. The average molecular weight is 549 g/mol. The summed E-state index contributed by atoms with van der Waals surface area (Å²) in [5.74, 6) is 0.369. The van der Waals surface area contributed by atoms with E-state index in [9.17, 15) is 9.18 Å². The molecule has 9 heteroatoms. The molecule has 0 bridgehead atoms. The third-order valence-electron chi connectivity index (χ3n) is 4.71. The Morgan fingerprint density at radius 1 is 1.00 bits per heavy atom. The Hall–Kier alpha value is -2.87. The lowest BCUT2D eigenvalue weighted by atomic mass is 10.1. The van der Waals surface area contributed by atoms with Crippen molar-refractivity contribution >= 4 is 50.9 Å². The van der Waals surface area contributed by atoms with Gasteiger partial charge in [0.05, 0.1) is 21.1 Å². The molecule has 1 N–H and O–H groups in total. The Morgan fingerprint density at radius 3 is 2.39 bits per heavy atom. The quantitative estimate of drug-likeness (QED) is 0.271. The molecule has 0 saturated heterocycles. The van der Waals surface area contributed by atoms with Crippen molar-refractivity contribution in [3.8, 4) is 5.75 Å². The van der Waals surface area contributed by atoms with Crippen LogP contribution in [0.5, 0.6) is 5.75 Å². The first kappa shape index (κ1) is 23.3. The van der Waals surface area contributed by atoms with E-state index < -0.39 is 0 Å². The first-order chi connectivity index (χ1) is 15.9. The van der Waals surface area contributed by atoms with Crippen molar-refractivity contribution in [2.75, 3.05) is 5.32 Å². The molecular weight excluding hydrogens is 532 g/mol. The van der Waals surface area contributed by atoms with Gasteiger partial charge in [0.25, 0.3) is 5.91 Å². The van der Waals surface area contributed by atoms with E-state index in [0.717, 1.165) is 11.1 Å². The van der Waals surface area contributed by atoms with Gasteiger partial charge in [0.1, 0.15) is 18.2 Å². The number of anilines is 1. The number of carbonyl (C=O) groups is 1. The molecule has 0 aliphatic carbocycles. The normalized spacial score (nSPS) is 10.8. The van der Waals surface area contributed by atoms with E-state index >= 15 is 0 Å². The minimum Gasteiger partial charge on any atom is -0.489 e. The van der Waals surface area contributed by atoms with Crippen molar-refractivity contribution in [2.45, 2.75) is 13.2 Å². The standard InChI is InChI=1S/C24H17BrCl2FN3O2/c25-20-13-31(12-16-3-10-21(26)22(27)11-16)30-23(20)29-24(32)17-4-1-15(2-5-17)14-33-19-8-6-18(28)7-9-19/h1-11,13H,12,14H2,(H,29,30,32). The first-order valence-electron chi connectivity index (χ1n) is 9.83. The fourth-order valence-corrected chi connectivity index (χ4v) is 3.75. The molecule has 0 saturated carbocycles. The van der Waals surface area contributed by atoms with Crippen LogP contribution in [0.1, 0.15) is 21.5 Å². The van der Waals surface area contributed by atoms with E-state index in [4.69, 9.17) is 27.9 Å². The third kappa shape index (κ3) is 6.13. The summed E-state index contributed by atoms with van der Waals surface area (Å²) in [6, 6.07) is 18.2. The molecule has 4 aromatic rings. The van der Waals surface area contributed by atoms with Gasteiger partial charge in [0.15, 0.2) is 5.82 Å².